The Bertz CT molecular complexity index is 646. The molecule has 3 rings (SSSR count). The van der Waals surface area contributed by atoms with Crippen LogP contribution in [0.3, 0.4) is 0 Å². The van der Waals surface area contributed by atoms with E-state index in [0.717, 1.165) is 39.3 Å². The van der Waals surface area contributed by atoms with E-state index in [0.29, 0.717) is 17.8 Å². The molecule has 0 bridgehead atoms. The second-order valence-electron chi connectivity index (χ2n) is 6.58. The molecule has 1 atom stereocenters. The van der Waals surface area contributed by atoms with Gasteiger partial charge in [0.05, 0.1) is 18.9 Å². The molecule has 1 aromatic carbocycles. The van der Waals surface area contributed by atoms with Crippen molar-refractivity contribution in [3.05, 3.63) is 35.6 Å². The van der Waals surface area contributed by atoms with E-state index in [-0.39, 0.29) is 18.1 Å². The number of hydrogen-bond donors (Lipinski definition) is 1. The van der Waals surface area contributed by atoms with Gasteiger partial charge in [-0.3, -0.25) is 9.69 Å². The monoisotopic (exact) mass is 349 g/mol. The van der Waals surface area contributed by atoms with Crippen molar-refractivity contribution in [1.29, 1.82) is 0 Å². The summed E-state index contributed by atoms with van der Waals surface area (Å²) >= 11 is 0. The molecule has 0 saturated carbocycles. The predicted molar refractivity (Wildman–Crippen MR) is 91.9 cm³/mol. The predicted octanol–water partition coefficient (Wildman–Crippen LogP) is 1.55. The summed E-state index contributed by atoms with van der Waals surface area (Å²) < 4.78 is 19.2. The van der Waals surface area contributed by atoms with Gasteiger partial charge in [0.25, 0.3) is 5.91 Å². The average molecular weight is 349 g/mol. The van der Waals surface area contributed by atoms with Crippen LogP contribution in [0.2, 0.25) is 0 Å². The van der Waals surface area contributed by atoms with Gasteiger partial charge >= 0.3 is 0 Å². The summed E-state index contributed by atoms with van der Waals surface area (Å²) in [7, 11) is 0. The van der Waals surface area contributed by atoms with Crippen LogP contribution < -0.4 is 5.32 Å². The number of oxime groups is 1. The first kappa shape index (κ1) is 17.8. The third-order valence-electron chi connectivity index (χ3n) is 4.57. The lowest BCUT2D eigenvalue weighted by Gasteiger charge is -2.26. The lowest BCUT2D eigenvalue weighted by molar-refractivity contribution is -0.141. The molecule has 0 radical (unpaired) electrons. The van der Waals surface area contributed by atoms with Crippen LogP contribution in [-0.2, 0) is 14.4 Å². The molecule has 2 aliphatic heterocycles. The molecule has 0 aromatic heterocycles. The standard InChI is InChI=1S/C18H24FN3O3/c1-18(13-16(21-25-18)14-5-2-3-6-15(14)19)17(23)20-7-4-8-22-9-11-24-12-10-22/h2-3,5-6H,4,7-13H2,1H3,(H,20,23)/t18-/m1/s1. The number of carbonyl (C=O) groups is 1. The maximum Gasteiger partial charge on any atom is 0.267 e. The molecule has 1 fully saturated rings. The Kier molecular flexibility index (Phi) is 5.65. The number of benzene rings is 1. The summed E-state index contributed by atoms with van der Waals surface area (Å²) in [5.74, 6) is -0.579. The van der Waals surface area contributed by atoms with Crippen LogP contribution in [0, 0.1) is 5.82 Å². The van der Waals surface area contributed by atoms with Crippen LogP contribution >= 0.6 is 0 Å². The van der Waals surface area contributed by atoms with Crippen molar-refractivity contribution < 1.29 is 18.8 Å². The quantitative estimate of drug-likeness (QED) is 0.792. The minimum absolute atomic E-state index is 0.218. The Labute approximate surface area is 147 Å². The van der Waals surface area contributed by atoms with Crippen LogP contribution in [0.15, 0.2) is 29.4 Å². The number of nitrogens with one attached hydrogen (secondary N) is 1. The highest BCUT2D eigenvalue weighted by atomic mass is 19.1. The fourth-order valence-electron chi connectivity index (χ4n) is 3.02. The number of ether oxygens (including phenoxy) is 1. The zero-order valence-electron chi connectivity index (χ0n) is 14.5. The SMILES string of the molecule is C[C@]1(C(=O)NCCCN2CCOCC2)CC(c2ccccc2F)=NO1. The fraction of sp³-hybridized carbons (Fsp3) is 0.556. The second-order valence-corrected chi connectivity index (χ2v) is 6.58. The maximum absolute atomic E-state index is 13.9. The summed E-state index contributed by atoms with van der Waals surface area (Å²) in [6.07, 6.45) is 1.12. The van der Waals surface area contributed by atoms with E-state index in [9.17, 15) is 9.18 Å². The van der Waals surface area contributed by atoms with E-state index in [4.69, 9.17) is 9.57 Å². The number of hydrogen-bond acceptors (Lipinski definition) is 5. The number of nitrogens with zero attached hydrogens (tertiary/aromatic N) is 2. The van der Waals surface area contributed by atoms with Crippen molar-refractivity contribution in [3.8, 4) is 0 Å². The number of rotatable bonds is 6. The molecule has 6 nitrogen and oxygen atoms in total. The first-order valence-electron chi connectivity index (χ1n) is 8.67. The van der Waals surface area contributed by atoms with Crippen molar-refractivity contribution in [2.45, 2.75) is 25.4 Å². The number of amides is 1. The zero-order valence-corrected chi connectivity index (χ0v) is 14.5. The molecular formula is C18H24FN3O3. The van der Waals surface area contributed by atoms with Gasteiger partial charge < -0.3 is 14.9 Å². The van der Waals surface area contributed by atoms with E-state index in [2.05, 4.69) is 15.4 Å². The molecule has 0 aliphatic carbocycles. The van der Waals surface area contributed by atoms with Gasteiger partial charge in [-0.25, -0.2) is 4.39 Å². The van der Waals surface area contributed by atoms with Gasteiger partial charge in [0, 0.05) is 31.6 Å². The summed E-state index contributed by atoms with van der Waals surface area (Å²) in [5.41, 5.74) is -0.244. The van der Waals surface area contributed by atoms with E-state index < -0.39 is 5.60 Å². The van der Waals surface area contributed by atoms with Gasteiger partial charge in [-0.05, 0) is 26.0 Å². The van der Waals surface area contributed by atoms with Gasteiger partial charge in [0.15, 0.2) is 0 Å². The number of morpholine rings is 1. The Morgan fingerprint density at radius 2 is 2.12 bits per heavy atom. The summed E-state index contributed by atoms with van der Waals surface area (Å²) in [5, 5.41) is 6.84. The minimum atomic E-state index is -1.09. The van der Waals surface area contributed by atoms with Crippen LogP contribution in [0.5, 0.6) is 0 Å². The molecule has 25 heavy (non-hydrogen) atoms. The third-order valence-corrected chi connectivity index (χ3v) is 4.57. The third kappa shape index (κ3) is 4.35. The normalized spacial score (nSPS) is 23.8. The van der Waals surface area contributed by atoms with E-state index in [1.807, 2.05) is 0 Å². The van der Waals surface area contributed by atoms with Crippen molar-refractivity contribution in [1.82, 2.24) is 10.2 Å². The molecule has 0 spiro atoms. The maximum atomic E-state index is 13.9. The van der Waals surface area contributed by atoms with Crippen LogP contribution in [0.1, 0.15) is 25.3 Å². The van der Waals surface area contributed by atoms with Gasteiger partial charge in [-0.1, -0.05) is 23.4 Å². The van der Waals surface area contributed by atoms with E-state index in [1.54, 1.807) is 25.1 Å². The molecule has 2 aliphatic rings. The van der Waals surface area contributed by atoms with E-state index in [1.165, 1.54) is 6.07 Å². The molecule has 1 N–H and O–H groups in total. The van der Waals surface area contributed by atoms with E-state index >= 15 is 0 Å². The first-order valence-corrected chi connectivity index (χ1v) is 8.67. The van der Waals surface area contributed by atoms with Crippen LogP contribution in [-0.4, -0.2) is 61.5 Å². The molecule has 2 heterocycles. The molecule has 1 amide bonds. The molecule has 7 heteroatoms. The first-order chi connectivity index (χ1) is 12.1. The lowest BCUT2D eigenvalue weighted by atomic mass is 9.95. The Balaban J connectivity index is 1.45. The number of carbonyl (C=O) groups excluding carboxylic acids is 1. The molecule has 1 aromatic rings. The molecule has 0 unspecified atom stereocenters. The zero-order chi connectivity index (χ0) is 17.7. The highest BCUT2D eigenvalue weighted by molar-refractivity contribution is 6.05. The molecule has 136 valence electrons. The molecular weight excluding hydrogens is 325 g/mol. The average Bonchev–Trinajstić information content (AvgIpc) is 3.03. The molecule has 1 saturated heterocycles. The minimum Gasteiger partial charge on any atom is -0.379 e. The largest absolute Gasteiger partial charge is 0.379 e. The van der Waals surface area contributed by atoms with Gasteiger partial charge in [-0.15, -0.1) is 0 Å². The Hall–Kier alpha value is -1.99. The lowest BCUT2D eigenvalue weighted by Crippen LogP contribution is -2.45. The Morgan fingerprint density at radius 3 is 2.88 bits per heavy atom. The van der Waals surface area contributed by atoms with Gasteiger partial charge in [0.1, 0.15) is 5.82 Å². The van der Waals surface area contributed by atoms with Crippen LogP contribution in [0.4, 0.5) is 4.39 Å². The smallest absolute Gasteiger partial charge is 0.267 e. The number of halogens is 1. The Morgan fingerprint density at radius 1 is 1.36 bits per heavy atom. The van der Waals surface area contributed by atoms with Crippen molar-refractivity contribution >= 4 is 11.6 Å². The van der Waals surface area contributed by atoms with Gasteiger partial charge in [-0.2, -0.15) is 0 Å². The van der Waals surface area contributed by atoms with Crippen molar-refractivity contribution in [2.75, 3.05) is 39.4 Å². The second kappa shape index (κ2) is 7.93. The summed E-state index contributed by atoms with van der Waals surface area (Å²) in [4.78, 5) is 20.1. The summed E-state index contributed by atoms with van der Waals surface area (Å²) in [6, 6.07) is 6.38. The highest BCUT2D eigenvalue weighted by Crippen LogP contribution is 2.27. The van der Waals surface area contributed by atoms with Crippen molar-refractivity contribution in [2.24, 2.45) is 5.16 Å². The summed E-state index contributed by atoms with van der Waals surface area (Å²) in [6.45, 7) is 6.61. The topological polar surface area (TPSA) is 63.2 Å². The van der Waals surface area contributed by atoms with Gasteiger partial charge in [0.2, 0.25) is 5.60 Å². The van der Waals surface area contributed by atoms with Crippen LogP contribution in [0.25, 0.3) is 0 Å². The fourth-order valence-corrected chi connectivity index (χ4v) is 3.02. The van der Waals surface area contributed by atoms with Crippen molar-refractivity contribution in [3.63, 3.8) is 0 Å². The highest BCUT2D eigenvalue weighted by Gasteiger charge is 2.42.